The molecule has 1 aliphatic rings. The standard InChI is InChI=1S/C19H25N3O5S/c23-4-5-25-6-7-26-18-10-15(14-2-8-28-12-14)9-17(27-18)19(24)21-3-1-16-11-20-13-22-16/h2,8-9,11-13,15,18,23H,1,3-7,10H2,(H,20,22)(H,21,24)/t15-,18+/m0/s1. The van der Waals surface area contributed by atoms with Gasteiger partial charge in [-0.2, -0.15) is 11.3 Å². The zero-order valence-corrected chi connectivity index (χ0v) is 16.3. The Labute approximate surface area is 167 Å². The van der Waals surface area contributed by atoms with E-state index >= 15 is 0 Å². The van der Waals surface area contributed by atoms with Crippen molar-refractivity contribution in [3.05, 3.63) is 52.4 Å². The van der Waals surface area contributed by atoms with E-state index in [1.165, 1.54) is 0 Å². The van der Waals surface area contributed by atoms with E-state index in [-0.39, 0.29) is 30.8 Å². The van der Waals surface area contributed by atoms with Crippen LogP contribution in [0.5, 0.6) is 0 Å². The first-order valence-corrected chi connectivity index (χ1v) is 10.2. The molecule has 0 saturated heterocycles. The Morgan fingerprint density at radius 3 is 3.11 bits per heavy atom. The number of amides is 1. The number of carbonyl (C=O) groups excluding carboxylic acids is 1. The third-order valence-electron chi connectivity index (χ3n) is 4.25. The van der Waals surface area contributed by atoms with Gasteiger partial charge in [-0.3, -0.25) is 4.79 Å². The molecular formula is C19H25N3O5S. The van der Waals surface area contributed by atoms with Crippen LogP contribution in [-0.2, 0) is 25.4 Å². The minimum absolute atomic E-state index is 0.0221. The molecule has 0 saturated carbocycles. The van der Waals surface area contributed by atoms with Gasteiger partial charge in [-0.05, 0) is 28.5 Å². The number of ether oxygens (including phenoxy) is 3. The average molecular weight is 407 g/mol. The molecule has 0 spiro atoms. The summed E-state index contributed by atoms with van der Waals surface area (Å²) < 4.78 is 16.7. The molecule has 9 heteroatoms. The van der Waals surface area contributed by atoms with Gasteiger partial charge in [0, 0.05) is 37.2 Å². The highest BCUT2D eigenvalue weighted by atomic mass is 32.1. The van der Waals surface area contributed by atoms with Crippen molar-refractivity contribution in [3.63, 3.8) is 0 Å². The number of aliphatic hydroxyl groups is 1. The number of aromatic nitrogens is 2. The lowest BCUT2D eigenvalue weighted by atomic mass is 9.95. The van der Waals surface area contributed by atoms with E-state index < -0.39 is 6.29 Å². The summed E-state index contributed by atoms with van der Waals surface area (Å²) in [5.41, 5.74) is 2.10. The maximum atomic E-state index is 12.6. The number of carbonyl (C=O) groups is 1. The molecule has 2 aromatic heterocycles. The fraction of sp³-hybridized carbons (Fsp3) is 0.474. The van der Waals surface area contributed by atoms with Crippen molar-refractivity contribution < 1.29 is 24.1 Å². The molecular weight excluding hydrogens is 382 g/mol. The minimum Gasteiger partial charge on any atom is -0.459 e. The Bertz CT molecular complexity index is 733. The monoisotopic (exact) mass is 407 g/mol. The highest BCUT2D eigenvalue weighted by Gasteiger charge is 2.28. The number of aliphatic hydroxyl groups excluding tert-OH is 1. The summed E-state index contributed by atoms with van der Waals surface area (Å²) in [6, 6.07) is 2.05. The van der Waals surface area contributed by atoms with E-state index in [0.29, 0.717) is 32.6 Å². The van der Waals surface area contributed by atoms with Crippen molar-refractivity contribution in [2.24, 2.45) is 0 Å². The zero-order valence-electron chi connectivity index (χ0n) is 15.5. The lowest BCUT2D eigenvalue weighted by Gasteiger charge is -2.29. The normalized spacial score (nSPS) is 19.1. The van der Waals surface area contributed by atoms with Gasteiger partial charge < -0.3 is 29.6 Å². The number of rotatable bonds is 11. The van der Waals surface area contributed by atoms with Gasteiger partial charge in [0.05, 0.1) is 32.8 Å². The molecule has 28 heavy (non-hydrogen) atoms. The summed E-state index contributed by atoms with van der Waals surface area (Å²) >= 11 is 1.62. The fourth-order valence-electron chi connectivity index (χ4n) is 2.86. The van der Waals surface area contributed by atoms with Crippen molar-refractivity contribution in [2.75, 3.05) is 33.0 Å². The molecule has 1 aliphatic heterocycles. The van der Waals surface area contributed by atoms with Gasteiger partial charge in [0.2, 0.25) is 6.29 Å². The van der Waals surface area contributed by atoms with Gasteiger partial charge in [0.25, 0.3) is 5.91 Å². The highest BCUT2D eigenvalue weighted by Crippen LogP contribution is 2.32. The van der Waals surface area contributed by atoms with Gasteiger partial charge in [-0.25, -0.2) is 4.98 Å². The molecule has 0 aliphatic carbocycles. The Morgan fingerprint density at radius 2 is 2.36 bits per heavy atom. The van der Waals surface area contributed by atoms with Crippen LogP contribution in [0.4, 0.5) is 0 Å². The molecule has 0 bridgehead atoms. The smallest absolute Gasteiger partial charge is 0.286 e. The number of hydrogen-bond donors (Lipinski definition) is 3. The van der Waals surface area contributed by atoms with E-state index in [0.717, 1.165) is 11.3 Å². The van der Waals surface area contributed by atoms with Crippen LogP contribution in [-0.4, -0.2) is 60.2 Å². The SMILES string of the molecule is O=C(NCCc1cnc[nH]1)C1=C[C@H](c2ccsc2)C[C@H](OCCOCCO)O1. The Kier molecular flexibility index (Phi) is 8.04. The third kappa shape index (κ3) is 6.16. The van der Waals surface area contributed by atoms with Crippen LogP contribution in [0, 0.1) is 0 Å². The summed E-state index contributed by atoms with van der Waals surface area (Å²) in [6.45, 7) is 1.42. The van der Waals surface area contributed by atoms with Crippen LogP contribution in [0.25, 0.3) is 0 Å². The fourth-order valence-corrected chi connectivity index (χ4v) is 3.59. The maximum absolute atomic E-state index is 12.6. The minimum atomic E-state index is -0.527. The quantitative estimate of drug-likeness (QED) is 0.488. The summed E-state index contributed by atoms with van der Waals surface area (Å²) in [5, 5.41) is 15.7. The number of imidazole rings is 1. The molecule has 152 valence electrons. The molecule has 0 aromatic carbocycles. The Morgan fingerprint density at radius 1 is 1.43 bits per heavy atom. The number of nitrogens with zero attached hydrogens (tertiary/aromatic N) is 1. The van der Waals surface area contributed by atoms with E-state index in [1.807, 2.05) is 17.5 Å². The van der Waals surface area contributed by atoms with E-state index in [4.69, 9.17) is 19.3 Å². The first kappa shape index (κ1) is 20.5. The molecule has 2 atom stereocenters. The summed E-state index contributed by atoms with van der Waals surface area (Å²) in [5.74, 6) is 0.0645. The summed E-state index contributed by atoms with van der Waals surface area (Å²) in [6.07, 6.45) is 5.97. The number of hydrogen-bond acceptors (Lipinski definition) is 7. The van der Waals surface area contributed by atoms with Gasteiger partial charge in [0.1, 0.15) is 0 Å². The largest absolute Gasteiger partial charge is 0.459 e. The number of allylic oxidation sites excluding steroid dienone is 1. The first-order valence-electron chi connectivity index (χ1n) is 9.22. The lowest BCUT2D eigenvalue weighted by molar-refractivity contribution is -0.151. The second kappa shape index (κ2) is 11.0. The molecule has 3 heterocycles. The van der Waals surface area contributed by atoms with Crippen molar-refractivity contribution in [1.29, 1.82) is 0 Å². The number of thiophene rings is 1. The van der Waals surface area contributed by atoms with E-state index in [9.17, 15) is 4.79 Å². The van der Waals surface area contributed by atoms with Crippen LogP contribution < -0.4 is 5.32 Å². The Hall–Kier alpha value is -2.20. The molecule has 1 amide bonds. The van der Waals surface area contributed by atoms with Gasteiger partial charge in [0.15, 0.2) is 5.76 Å². The second-order valence-corrected chi connectivity index (χ2v) is 7.05. The third-order valence-corrected chi connectivity index (χ3v) is 4.96. The number of nitrogens with one attached hydrogen (secondary N) is 2. The van der Waals surface area contributed by atoms with Crippen molar-refractivity contribution in [3.8, 4) is 0 Å². The molecule has 0 fully saturated rings. The maximum Gasteiger partial charge on any atom is 0.286 e. The van der Waals surface area contributed by atoms with Crippen molar-refractivity contribution in [2.45, 2.75) is 25.0 Å². The van der Waals surface area contributed by atoms with Gasteiger partial charge >= 0.3 is 0 Å². The zero-order chi connectivity index (χ0) is 19.6. The van der Waals surface area contributed by atoms with E-state index in [2.05, 4.69) is 20.7 Å². The van der Waals surface area contributed by atoms with E-state index in [1.54, 1.807) is 23.9 Å². The molecule has 3 N–H and O–H groups in total. The summed E-state index contributed by atoms with van der Waals surface area (Å²) in [7, 11) is 0. The number of aromatic amines is 1. The predicted molar refractivity (Wildman–Crippen MR) is 104 cm³/mol. The Balaban J connectivity index is 1.55. The molecule has 2 aromatic rings. The summed E-state index contributed by atoms with van der Waals surface area (Å²) in [4.78, 5) is 19.5. The van der Waals surface area contributed by atoms with Crippen molar-refractivity contribution >= 4 is 17.2 Å². The number of H-pyrrole nitrogens is 1. The van der Waals surface area contributed by atoms with Crippen LogP contribution in [0.2, 0.25) is 0 Å². The highest BCUT2D eigenvalue weighted by molar-refractivity contribution is 7.08. The molecule has 0 unspecified atom stereocenters. The molecule has 0 radical (unpaired) electrons. The van der Waals surface area contributed by atoms with Gasteiger partial charge in [-0.15, -0.1) is 0 Å². The molecule has 3 rings (SSSR count). The second-order valence-electron chi connectivity index (χ2n) is 6.27. The predicted octanol–water partition coefficient (Wildman–Crippen LogP) is 1.57. The lowest BCUT2D eigenvalue weighted by Crippen LogP contribution is -2.34. The van der Waals surface area contributed by atoms with Crippen LogP contribution >= 0.6 is 11.3 Å². The van der Waals surface area contributed by atoms with Gasteiger partial charge in [-0.1, -0.05) is 0 Å². The van der Waals surface area contributed by atoms with Crippen molar-refractivity contribution in [1.82, 2.24) is 15.3 Å². The van der Waals surface area contributed by atoms with Crippen LogP contribution in [0.1, 0.15) is 23.6 Å². The van der Waals surface area contributed by atoms with Crippen LogP contribution in [0.3, 0.4) is 0 Å². The molecule has 8 nitrogen and oxygen atoms in total. The average Bonchev–Trinajstić information content (AvgIpc) is 3.42. The topological polar surface area (TPSA) is 106 Å². The van der Waals surface area contributed by atoms with Crippen LogP contribution in [0.15, 0.2) is 41.2 Å². The first-order chi connectivity index (χ1) is 13.8.